The molecule has 142 valence electrons. The monoisotopic (exact) mass is 382 g/mol. The van der Waals surface area contributed by atoms with Gasteiger partial charge in [-0.25, -0.2) is 4.79 Å². The largest absolute Gasteiger partial charge is 0.555 e. The second kappa shape index (κ2) is 8.75. The Morgan fingerprint density at radius 1 is 0.966 bits per heavy atom. The van der Waals surface area contributed by atoms with E-state index in [-0.39, 0.29) is 11.8 Å². The number of rotatable bonds is 5. The number of nitrogens with zero attached hydrogens (tertiary/aromatic N) is 1. The van der Waals surface area contributed by atoms with E-state index >= 15 is 0 Å². The van der Waals surface area contributed by atoms with Crippen LogP contribution in [0.3, 0.4) is 0 Å². The third-order valence-electron chi connectivity index (χ3n) is 4.78. The highest BCUT2D eigenvalue weighted by molar-refractivity contribution is 5.99. The number of hydrogen-bond donors (Lipinski definition) is 1. The first-order valence-electron chi connectivity index (χ1n) is 9.40. The Morgan fingerprint density at radius 3 is 2.41 bits per heavy atom. The SMILES string of the molecule is [B]Oc1ccc(-c2ccc(C3=CCNCC3)cc2)c(OC(=O)c2ccccc2)n1. The molecule has 0 saturated heterocycles. The van der Waals surface area contributed by atoms with Crippen LogP contribution in [-0.4, -0.2) is 32.1 Å². The molecule has 4 rings (SSSR count). The molecule has 0 bridgehead atoms. The van der Waals surface area contributed by atoms with Gasteiger partial charge in [-0.2, -0.15) is 4.98 Å². The van der Waals surface area contributed by atoms with E-state index < -0.39 is 5.97 Å². The van der Waals surface area contributed by atoms with Gasteiger partial charge in [0.1, 0.15) is 0 Å². The highest BCUT2D eigenvalue weighted by atomic mass is 16.5. The van der Waals surface area contributed by atoms with Crippen LogP contribution in [0.2, 0.25) is 0 Å². The van der Waals surface area contributed by atoms with Gasteiger partial charge in [0.2, 0.25) is 5.88 Å². The summed E-state index contributed by atoms with van der Waals surface area (Å²) in [4.78, 5) is 16.7. The van der Waals surface area contributed by atoms with Crippen LogP contribution in [0, 0.1) is 0 Å². The zero-order valence-electron chi connectivity index (χ0n) is 15.8. The van der Waals surface area contributed by atoms with Gasteiger partial charge < -0.3 is 14.7 Å². The molecule has 29 heavy (non-hydrogen) atoms. The van der Waals surface area contributed by atoms with E-state index in [2.05, 4.69) is 28.5 Å². The topological polar surface area (TPSA) is 60.5 Å². The lowest BCUT2D eigenvalue weighted by molar-refractivity contribution is 0.0728. The Kier molecular flexibility index (Phi) is 5.72. The summed E-state index contributed by atoms with van der Waals surface area (Å²) in [6.07, 6.45) is 3.21. The molecule has 5 nitrogen and oxygen atoms in total. The van der Waals surface area contributed by atoms with Crippen LogP contribution in [-0.2, 0) is 0 Å². The Bertz CT molecular complexity index is 1030. The lowest BCUT2D eigenvalue weighted by Crippen LogP contribution is -2.19. The second-order valence-corrected chi connectivity index (χ2v) is 6.64. The first-order chi connectivity index (χ1) is 14.2. The summed E-state index contributed by atoms with van der Waals surface area (Å²) in [6.45, 7) is 1.87. The highest BCUT2D eigenvalue weighted by Gasteiger charge is 2.16. The minimum Gasteiger partial charge on any atom is -0.555 e. The maximum absolute atomic E-state index is 12.5. The molecule has 2 heterocycles. The van der Waals surface area contributed by atoms with E-state index in [0.717, 1.165) is 25.1 Å². The van der Waals surface area contributed by atoms with E-state index in [0.29, 0.717) is 11.1 Å². The smallest absolute Gasteiger partial charge is 0.376 e. The lowest BCUT2D eigenvalue weighted by Gasteiger charge is -2.15. The molecule has 0 saturated carbocycles. The molecule has 1 aromatic heterocycles. The van der Waals surface area contributed by atoms with Crippen LogP contribution < -0.4 is 14.7 Å². The average Bonchev–Trinajstić information content (AvgIpc) is 2.80. The van der Waals surface area contributed by atoms with E-state index in [9.17, 15) is 4.79 Å². The Labute approximate surface area is 170 Å². The van der Waals surface area contributed by atoms with Gasteiger partial charge in [0, 0.05) is 12.1 Å². The summed E-state index contributed by atoms with van der Waals surface area (Å²) >= 11 is 0. The first kappa shape index (κ1) is 19.0. The van der Waals surface area contributed by atoms with Crippen LogP contribution in [0.1, 0.15) is 22.3 Å². The third kappa shape index (κ3) is 4.38. The van der Waals surface area contributed by atoms with Crippen molar-refractivity contribution in [2.24, 2.45) is 0 Å². The number of hydrogen-bond acceptors (Lipinski definition) is 5. The Hall–Kier alpha value is -3.38. The molecule has 2 aromatic carbocycles. The molecule has 0 fully saturated rings. The van der Waals surface area contributed by atoms with Crippen molar-refractivity contribution >= 4 is 19.6 Å². The fourth-order valence-corrected chi connectivity index (χ4v) is 3.26. The lowest BCUT2D eigenvalue weighted by atomic mass is 9.97. The van der Waals surface area contributed by atoms with Crippen LogP contribution in [0.15, 0.2) is 72.8 Å². The van der Waals surface area contributed by atoms with Crippen molar-refractivity contribution in [3.05, 3.63) is 83.9 Å². The fraction of sp³-hybridized carbons (Fsp3) is 0.130. The predicted octanol–water partition coefficient (Wildman–Crippen LogP) is 3.81. The van der Waals surface area contributed by atoms with Crippen LogP contribution in [0.25, 0.3) is 16.7 Å². The number of carbonyl (C=O) groups is 1. The number of aromatic nitrogens is 1. The van der Waals surface area contributed by atoms with Gasteiger partial charge in [0.25, 0.3) is 0 Å². The average molecular weight is 382 g/mol. The number of pyridine rings is 1. The predicted molar refractivity (Wildman–Crippen MR) is 113 cm³/mol. The number of carbonyl (C=O) groups excluding carboxylic acids is 1. The molecule has 0 amide bonds. The summed E-state index contributed by atoms with van der Waals surface area (Å²) in [7, 11) is 5.24. The van der Waals surface area contributed by atoms with Crippen molar-refractivity contribution in [1.29, 1.82) is 0 Å². The van der Waals surface area contributed by atoms with Gasteiger partial charge in [-0.05, 0) is 53.9 Å². The maximum atomic E-state index is 12.5. The number of benzene rings is 2. The first-order valence-corrected chi connectivity index (χ1v) is 9.40. The normalized spacial score (nSPS) is 13.4. The van der Waals surface area contributed by atoms with Crippen molar-refractivity contribution in [3.63, 3.8) is 0 Å². The van der Waals surface area contributed by atoms with Crippen molar-refractivity contribution in [2.45, 2.75) is 6.42 Å². The van der Waals surface area contributed by atoms with Crippen LogP contribution in [0.4, 0.5) is 0 Å². The van der Waals surface area contributed by atoms with Crippen LogP contribution >= 0.6 is 0 Å². The summed E-state index contributed by atoms with van der Waals surface area (Å²) < 4.78 is 10.3. The summed E-state index contributed by atoms with van der Waals surface area (Å²) in [5.41, 5.74) is 4.52. The molecule has 0 unspecified atom stereocenters. The minimum atomic E-state index is -0.495. The van der Waals surface area contributed by atoms with Gasteiger partial charge in [-0.15, -0.1) is 0 Å². The van der Waals surface area contributed by atoms with Crippen molar-refractivity contribution in [3.8, 4) is 22.9 Å². The molecule has 1 N–H and O–H groups in total. The fourth-order valence-electron chi connectivity index (χ4n) is 3.26. The summed E-state index contributed by atoms with van der Waals surface area (Å²) in [6, 6.07) is 20.3. The zero-order chi connectivity index (χ0) is 20.1. The summed E-state index contributed by atoms with van der Waals surface area (Å²) in [5.74, 6) is -0.179. The van der Waals surface area contributed by atoms with E-state index in [1.807, 2.05) is 18.2 Å². The second-order valence-electron chi connectivity index (χ2n) is 6.64. The van der Waals surface area contributed by atoms with Crippen LogP contribution in [0.5, 0.6) is 11.8 Å². The van der Waals surface area contributed by atoms with Crippen molar-refractivity contribution in [1.82, 2.24) is 10.3 Å². The molecule has 0 spiro atoms. The third-order valence-corrected chi connectivity index (χ3v) is 4.78. The molecule has 6 heteroatoms. The quantitative estimate of drug-likeness (QED) is 0.537. The number of nitrogens with one attached hydrogen (secondary N) is 1. The number of esters is 1. The molecular weight excluding hydrogens is 363 g/mol. The van der Waals surface area contributed by atoms with E-state index in [1.54, 1.807) is 36.4 Å². The standard InChI is InChI=1S/C23H19BN2O3/c24-29-21-11-10-20(22(26-21)28-23(27)19-4-2-1-3-5-19)18-8-6-16(7-9-18)17-12-14-25-15-13-17/h1-12,25H,13-15H2. The molecule has 2 radical (unpaired) electrons. The highest BCUT2D eigenvalue weighted by Crippen LogP contribution is 2.32. The van der Waals surface area contributed by atoms with Gasteiger partial charge in [-0.1, -0.05) is 48.5 Å². The molecule has 1 aliphatic heterocycles. The Balaban J connectivity index is 1.64. The zero-order valence-corrected chi connectivity index (χ0v) is 15.8. The Morgan fingerprint density at radius 2 is 1.72 bits per heavy atom. The van der Waals surface area contributed by atoms with Crippen molar-refractivity contribution in [2.75, 3.05) is 13.1 Å². The molecular formula is C23H19BN2O3. The van der Waals surface area contributed by atoms with E-state index in [1.165, 1.54) is 11.1 Å². The maximum Gasteiger partial charge on any atom is 0.376 e. The molecule has 1 aliphatic rings. The molecule has 0 aliphatic carbocycles. The molecule has 0 atom stereocenters. The van der Waals surface area contributed by atoms with Gasteiger partial charge in [-0.3, -0.25) is 0 Å². The van der Waals surface area contributed by atoms with E-state index in [4.69, 9.17) is 17.4 Å². The van der Waals surface area contributed by atoms with Gasteiger partial charge in [0.05, 0.1) is 5.56 Å². The summed E-state index contributed by atoms with van der Waals surface area (Å²) in [5, 5.41) is 3.32. The molecule has 3 aromatic rings. The van der Waals surface area contributed by atoms with Crippen molar-refractivity contribution < 1.29 is 14.2 Å². The van der Waals surface area contributed by atoms with Gasteiger partial charge >= 0.3 is 14.0 Å². The minimum absolute atomic E-state index is 0.149. The number of ether oxygens (including phenoxy) is 1. The van der Waals surface area contributed by atoms with Gasteiger partial charge in [0.15, 0.2) is 5.88 Å².